The molecule has 25 valence electrons. The van der Waals surface area contributed by atoms with Crippen LogP contribution in [0.15, 0.2) is 0 Å². The fourth-order valence-electron chi connectivity index (χ4n) is 0. The molecule has 0 aromatic rings. The molecule has 3 heteroatoms. The van der Waals surface area contributed by atoms with E-state index < -0.39 is 5.75 Å². The Balaban J connectivity index is 2.32. The predicted octanol–water partition coefficient (Wildman–Crippen LogP) is 0.761. The van der Waals surface area contributed by atoms with Gasteiger partial charge in [-0.05, 0) is 0 Å². The molecule has 1 N–H and O–H groups in total. The first-order chi connectivity index (χ1) is 1.73. The summed E-state index contributed by atoms with van der Waals surface area (Å²) in [5, 5.41) is 0. The van der Waals surface area contributed by atoms with Gasteiger partial charge in [0.15, 0.2) is 0 Å². The van der Waals surface area contributed by atoms with Gasteiger partial charge in [0, 0.05) is 0 Å². The van der Waals surface area contributed by atoms with Gasteiger partial charge in [0.25, 0.3) is 0 Å². The van der Waals surface area contributed by atoms with Crippen LogP contribution >= 0.6 is 11.6 Å². The van der Waals surface area contributed by atoms with Crippen LogP contribution in [0.2, 0.25) is 0 Å². The smallest absolute Gasteiger partial charge is 0.211 e. The first kappa shape index (κ1) is 4.18. The second-order valence-corrected chi connectivity index (χ2v) is 0.684. The number of halogens is 2. The lowest BCUT2D eigenvalue weighted by atomic mass is 11.4. The highest BCUT2D eigenvalue weighted by atomic mass is 35.5. The summed E-state index contributed by atoms with van der Waals surface area (Å²) in [5.74, 6) is -1.94. The number of hydrogen-bond acceptors (Lipinski definition) is 0. The van der Waals surface area contributed by atoms with E-state index in [2.05, 4.69) is 11.6 Å². The van der Waals surface area contributed by atoms with E-state index in [4.69, 9.17) is 5.73 Å². The van der Waals surface area contributed by atoms with Crippen LogP contribution in [0.25, 0.3) is 0 Å². The Morgan fingerprint density at radius 2 is 2.00 bits per heavy atom. The highest BCUT2D eigenvalue weighted by molar-refractivity contribution is 6.19. The van der Waals surface area contributed by atoms with Gasteiger partial charge in [0.2, 0.25) is 5.75 Å². The molecule has 0 aliphatic heterocycles. The monoisotopic (exact) mass is 82.0 g/mol. The molecular weight excluding hydrogens is 80.5 g/mol. The van der Waals surface area contributed by atoms with E-state index in [1.165, 1.54) is 0 Å². The summed E-state index contributed by atoms with van der Waals surface area (Å²) in [6, 6.07) is 0. The third kappa shape index (κ3) is 93.7. The van der Waals surface area contributed by atoms with Gasteiger partial charge in [0.05, 0.1) is 0 Å². The van der Waals surface area contributed by atoms with Crippen molar-refractivity contribution in [3.63, 3.8) is 0 Å². The van der Waals surface area contributed by atoms with Crippen LogP contribution in [0.1, 0.15) is 0 Å². The van der Waals surface area contributed by atoms with Gasteiger partial charge in [-0.1, -0.05) is 11.6 Å². The number of nitrogens with one attached hydrogen (secondary N) is 1. The second-order valence-electron chi connectivity index (χ2n) is 0.301. The maximum absolute atomic E-state index is 10.4. The van der Waals surface area contributed by atoms with Crippen molar-refractivity contribution < 1.29 is 4.39 Å². The van der Waals surface area contributed by atoms with Gasteiger partial charge in [-0.25, -0.2) is 10.1 Å². The molecule has 0 fully saturated rings. The molecule has 0 heterocycles. The molecule has 0 saturated carbocycles. The normalized spacial score (nSPS) is 15.8. The second kappa shape index (κ2) is 1.49. The Morgan fingerprint density at radius 3 is 2.00 bits per heavy atom. The Kier molecular flexibility index (Phi) is 1.56. The van der Waals surface area contributed by atoms with Crippen LogP contribution < -0.4 is 5.73 Å². The number of rotatable bonds is 0. The molecular formula is CH2ClFN. The molecule has 0 aliphatic rings. The topological polar surface area (TPSA) is 23.8 Å². The van der Waals surface area contributed by atoms with Crippen molar-refractivity contribution in [3.05, 3.63) is 0 Å². The van der Waals surface area contributed by atoms with E-state index in [0.29, 0.717) is 0 Å². The van der Waals surface area contributed by atoms with E-state index in [1.54, 1.807) is 0 Å². The van der Waals surface area contributed by atoms with Crippen LogP contribution in [-0.2, 0) is 0 Å². The lowest BCUT2D eigenvalue weighted by Crippen LogP contribution is -1.81. The number of alkyl halides is 2. The first-order valence-electron chi connectivity index (χ1n) is 0.725. The molecule has 0 aromatic heterocycles. The quantitative estimate of drug-likeness (QED) is 0.304. The molecule has 1 unspecified atom stereocenters. The Hall–Kier alpha value is 0.180. The van der Waals surface area contributed by atoms with Gasteiger partial charge in [-0.3, -0.25) is 0 Å². The Morgan fingerprint density at radius 1 is 2.00 bits per heavy atom. The third-order valence-electron chi connectivity index (χ3n) is 0. The molecule has 0 spiro atoms. The van der Waals surface area contributed by atoms with Crippen LogP contribution in [0, 0.1) is 0 Å². The summed E-state index contributed by atoms with van der Waals surface area (Å²) in [7, 11) is 0. The van der Waals surface area contributed by atoms with Crippen LogP contribution in [-0.4, -0.2) is 5.75 Å². The molecule has 0 rings (SSSR count). The van der Waals surface area contributed by atoms with Crippen LogP contribution in [0.5, 0.6) is 0 Å². The zero-order valence-electron chi connectivity index (χ0n) is 1.83. The summed E-state index contributed by atoms with van der Waals surface area (Å²) in [6.07, 6.45) is 0. The van der Waals surface area contributed by atoms with Gasteiger partial charge in [-0.2, -0.15) is 0 Å². The summed E-state index contributed by atoms with van der Waals surface area (Å²) >= 11 is 4.27. The predicted molar refractivity (Wildman–Crippen MR) is 13.8 cm³/mol. The fraction of sp³-hybridized carbons (Fsp3) is 1.00. The molecule has 0 aromatic carbocycles. The van der Waals surface area contributed by atoms with Crippen molar-refractivity contribution in [1.29, 1.82) is 0 Å². The summed E-state index contributed by atoms with van der Waals surface area (Å²) in [4.78, 5) is 0. The highest BCUT2D eigenvalue weighted by Gasteiger charge is 1.78. The molecule has 1 radical (unpaired) electrons. The Bertz CT molecular complexity index is 12.8. The average Bonchev–Trinajstić information content (AvgIpc) is 0.811. The molecule has 0 aliphatic carbocycles. The molecule has 1 nitrogen and oxygen atoms in total. The maximum atomic E-state index is 10.4. The van der Waals surface area contributed by atoms with E-state index in [9.17, 15) is 4.39 Å². The molecule has 4 heavy (non-hydrogen) atoms. The molecule has 1 atom stereocenters. The summed E-state index contributed by atoms with van der Waals surface area (Å²) in [6.45, 7) is 0. The van der Waals surface area contributed by atoms with E-state index in [0.717, 1.165) is 0 Å². The van der Waals surface area contributed by atoms with Gasteiger partial charge < -0.3 is 0 Å². The third-order valence-corrected chi connectivity index (χ3v) is 0. The molecule has 0 amide bonds. The van der Waals surface area contributed by atoms with E-state index in [1.807, 2.05) is 0 Å². The highest BCUT2D eigenvalue weighted by Crippen LogP contribution is 1.82. The zero-order chi connectivity index (χ0) is 3.58. The first-order valence-corrected chi connectivity index (χ1v) is 1.16. The standard InChI is InChI=1S/CH2ClFN/c2-1(3)4/h1,4H. The lowest BCUT2D eigenvalue weighted by Gasteiger charge is -1.71. The van der Waals surface area contributed by atoms with Gasteiger partial charge in [-0.15, -0.1) is 0 Å². The average molecular weight is 82.5 g/mol. The van der Waals surface area contributed by atoms with Crippen LogP contribution in [0.4, 0.5) is 4.39 Å². The van der Waals surface area contributed by atoms with Crippen molar-refractivity contribution in [2.24, 2.45) is 0 Å². The molecule has 0 saturated heterocycles. The SMILES string of the molecule is [NH]C(F)Cl. The minimum atomic E-state index is -1.94. The van der Waals surface area contributed by atoms with Crippen molar-refractivity contribution >= 4 is 11.6 Å². The summed E-state index contributed by atoms with van der Waals surface area (Å²) < 4.78 is 10.4. The van der Waals surface area contributed by atoms with Gasteiger partial charge in [0.1, 0.15) is 0 Å². The van der Waals surface area contributed by atoms with Gasteiger partial charge >= 0.3 is 0 Å². The van der Waals surface area contributed by atoms with Crippen molar-refractivity contribution in [2.45, 2.75) is 5.75 Å². The molecule has 0 bridgehead atoms. The van der Waals surface area contributed by atoms with Crippen molar-refractivity contribution in [2.75, 3.05) is 0 Å². The summed E-state index contributed by atoms with van der Waals surface area (Å²) in [5.41, 5.74) is 5.68. The maximum Gasteiger partial charge on any atom is 0.238 e. The van der Waals surface area contributed by atoms with Crippen molar-refractivity contribution in [1.82, 2.24) is 5.73 Å². The number of hydrogen-bond donors (Lipinski definition) is 0. The lowest BCUT2D eigenvalue weighted by molar-refractivity contribution is 0.446. The van der Waals surface area contributed by atoms with E-state index in [-0.39, 0.29) is 0 Å². The van der Waals surface area contributed by atoms with E-state index >= 15 is 0 Å². The Labute approximate surface area is 28.5 Å². The zero-order valence-corrected chi connectivity index (χ0v) is 2.59. The van der Waals surface area contributed by atoms with Crippen LogP contribution in [0.3, 0.4) is 0 Å². The minimum Gasteiger partial charge on any atom is -0.211 e. The fourth-order valence-corrected chi connectivity index (χ4v) is 0. The minimum absolute atomic E-state index is 1.94. The largest absolute Gasteiger partial charge is 0.238 e. The van der Waals surface area contributed by atoms with Crippen molar-refractivity contribution in [3.8, 4) is 0 Å².